The predicted octanol–water partition coefficient (Wildman–Crippen LogP) is 14.4. The van der Waals surface area contributed by atoms with Gasteiger partial charge in [0.05, 0.1) is 11.0 Å². The number of hydrogen-bond acceptors (Lipinski definition) is 5. The van der Waals surface area contributed by atoms with Gasteiger partial charge in [0.1, 0.15) is 0 Å². The van der Waals surface area contributed by atoms with Gasteiger partial charge >= 0.3 is 0 Å². The smallest absolute Gasteiger partial charge is 0.164 e. The molecule has 4 nitrogen and oxygen atoms in total. The van der Waals surface area contributed by atoms with Crippen molar-refractivity contribution in [1.29, 1.82) is 0 Å². The Labute approximate surface area is 335 Å². The van der Waals surface area contributed by atoms with E-state index in [1.54, 1.807) is 11.3 Å². The van der Waals surface area contributed by atoms with Crippen LogP contribution in [0, 0.1) is 0 Å². The summed E-state index contributed by atoms with van der Waals surface area (Å²) >= 11 is 3.63. The van der Waals surface area contributed by atoms with Crippen LogP contribution < -0.4 is 0 Å². The molecule has 0 unspecified atom stereocenters. The second kappa shape index (κ2) is 12.8. The van der Waals surface area contributed by atoms with Crippen molar-refractivity contribution in [3.63, 3.8) is 0 Å². The standard InChI is InChI=1S/C51H30N4S2/c1-3-13-31(14-4-1)49-52-50(54-51(53-49)39-21-12-24-46-47(39)38-18-8-10-23-43(38)57-46)33-26-28-45-41(30-33)40-29-32(25-27-44(40)56-45)35-19-11-20-37-36-17-7-9-22-42(36)55(48(35)37)34-15-5-2-6-16-34/h1-30H. The molecule has 12 aromatic rings. The number of benzene rings is 8. The van der Waals surface area contributed by atoms with E-state index in [9.17, 15) is 0 Å². The fourth-order valence-electron chi connectivity index (χ4n) is 8.48. The summed E-state index contributed by atoms with van der Waals surface area (Å²) in [5, 5.41) is 7.32. The fourth-order valence-corrected chi connectivity index (χ4v) is 10.7. The molecule has 0 radical (unpaired) electrons. The first kappa shape index (κ1) is 32.3. The number of thiophene rings is 2. The molecule has 0 fully saturated rings. The maximum Gasteiger partial charge on any atom is 0.164 e. The molecule has 0 saturated heterocycles. The van der Waals surface area contributed by atoms with E-state index in [1.807, 2.05) is 29.5 Å². The third kappa shape index (κ3) is 5.15. The van der Waals surface area contributed by atoms with E-state index in [0.29, 0.717) is 17.5 Å². The Morgan fingerprint density at radius 2 is 0.912 bits per heavy atom. The van der Waals surface area contributed by atoms with Gasteiger partial charge in [-0.05, 0) is 66.2 Å². The molecule has 6 heteroatoms. The van der Waals surface area contributed by atoms with Gasteiger partial charge in [-0.2, -0.15) is 0 Å². The van der Waals surface area contributed by atoms with Crippen LogP contribution in [-0.4, -0.2) is 19.5 Å². The summed E-state index contributed by atoms with van der Waals surface area (Å²) in [5.41, 5.74) is 8.88. The van der Waals surface area contributed by atoms with Crippen LogP contribution in [0.2, 0.25) is 0 Å². The van der Waals surface area contributed by atoms with Crippen molar-refractivity contribution in [2.45, 2.75) is 0 Å². The van der Waals surface area contributed by atoms with E-state index in [0.717, 1.165) is 22.4 Å². The molecule has 4 heterocycles. The van der Waals surface area contributed by atoms with Gasteiger partial charge in [0, 0.05) is 79.1 Å². The van der Waals surface area contributed by atoms with E-state index in [1.165, 1.54) is 73.3 Å². The lowest BCUT2D eigenvalue weighted by Crippen LogP contribution is -2.00. The highest BCUT2D eigenvalue weighted by Crippen LogP contribution is 2.43. The molecule has 0 spiro atoms. The lowest BCUT2D eigenvalue weighted by molar-refractivity contribution is 1.08. The first-order chi connectivity index (χ1) is 28.2. The van der Waals surface area contributed by atoms with Crippen LogP contribution in [0.15, 0.2) is 182 Å². The van der Waals surface area contributed by atoms with Gasteiger partial charge in [0.2, 0.25) is 0 Å². The van der Waals surface area contributed by atoms with Crippen LogP contribution in [0.4, 0.5) is 0 Å². The van der Waals surface area contributed by atoms with Gasteiger partial charge in [0.15, 0.2) is 17.5 Å². The monoisotopic (exact) mass is 762 g/mol. The lowest BCUT2D eigenvalue weighted by atomic mass is 9.99. The quantitative estimate of drug-likeness (QED) is 0.175. The average molecular weight is 763 g/mol. The number of fused-ring (bicyclic) bond motifs is 9. The SMILES string of the molecule is c1ccc(-c2nc(-c3ccc4sc5ccc(-c6cccc7c8ccccc8n(-c8ccccc8)c67)cc5c4c3)nc(-c3cccc4sc5ccccc5c34)n2)cc1. The molecule has 0 bridgehead atoms. The fraction of sp³-hybridized carbons (Fsp3) is 0. The van der Waals surface area contributed by atoms with Gasteiger partial charge < -0.3 is 4.57 Å². The third-order valence-electron chi connectivity index (χ3n) is 11.1. The maximum absolute atomic E-state index is 5.25. The van der Waals surface area contributed by atoms with Crippen LogP contribution in [0.5, 0.6) is 0 Å². The minimum atomic E-state index is 0.657. The van der Waals surface area contributed by atoms with E-state index in [4.69, 9.17) is 15.0 Å². The molecule has 266 valence electrons. The van der Waals surface area contributed by atoms with E-state index < -0.39 is 0 Å². The van der Waals surface area contributed by atoms with Gasteiger partial charge in [-0.3, -0.25) is 0 Å². The molecule has 0 aliphatic rings. The van der Waals surface area contributed by atoms with Crippen LogP contribution in [-0.2, 0) is 0 Å². The Hall–Kier alpha value is -6.99. The zero-order chi connectivity index (χ0) is 37.5. The molecule has 12 rings (SSSR count). The summed E-state index contributed by atoms with van der Waals surface area (Å²) in [7, 11) is 0. The molecule has 0 amide bonds. The zero-order valence-corrected chi connectivity index (χ0v) is 32.1. The normalized spacial score (nSPS) is 11.9. The molecule has 0 atom stereocenters. The predicted molar refractivity (Wildman–Crippen MR) is 242 cm³/mol. The van der Waals surface area contributed by atoms with Gasteiger partial charge in [0.25, 0.3) is 0 Å². The van der Waals surface area contributed by atoms with Crippen molar-refractivity contribution < 1.29 is 0 Å². The van der Waals surface area contributed by atoms with E-state index >= 15 is 0 Å². The molecule has 4 aromatic heterocycles. The molecular weight excluding hydrogens is 733 g/mol. The van der Waals surface area contributed by atoms with E-state index in [-0.39, 0.29) is 0 Å². The molecule has 57 heavy (non-hydrogen) atoms. The molecule has 0 aliphatic carbocycles. The highest BCUT2D eigenvalue weighted by atomic mass is 32.1. The summed E-state index contributed by atoms with van der Waals surface area (Å²) < 4.78 is 7.37. The minimum Gasteiger partial charge on any atom is -0.309 e. The average Bonchev–Trinajstić information content (AvgIpc) is 3.96. The summed E-state index contributed by atoms with van der Waals surface area (Å²) in [5.74, 6) is 1.99. The number of rotatable bonds is 5. The van der Waals surface area contributed by atoms with Crippen LogP contribution >= 0.6 is 22.7 Å². The summed E-state index contributed by atoms with van der Waals surface area (Å²) in [6, 6.07) is 65.0. The van der Waals surface area contributed by atoms with Crippen molar-refractivity contribution in [2.75, 3.05) is 0 Å². The summed E-state index contributed by atoms with van der Waals surface area (Å²) in [6.45, 7) is 0. The second-order valence-corrected chi connectivity index (χ2v) is 16.5. The number of nitrogens with zero attached hydrogens (tertiary/aromatic N) is 4. The molecule has 8 aromatic carbocycles. The largest absolute Gasteiger partial charge is 0.309 e. The van der Waals surface area contributed by atoms with Gasteiger partial charge in [-0.1, -0.05) is 121 Å². The topological polar surface area (TPSA) is 43.6 Å². The minimum absolute atomic E-state index is 0.657. The maximum atomic E-state index is 5.25. The highest BCUT2D eigenvalue weighted by Gasteiger charge is 2.20. The molecule has 0 aliphatic heterocycles. The van der Waals surface area contributed by atoms with Crippen molar-refractivity contribution in [1.82, 2.24) is 19.5 Å². The number of para-hydroxylation sites is 3. The number of hydrogen-bond donors (Lipinski definition) is 0. The third-order valence-corrected chi connectivity index (χ3v) is 13.3. The first-order valence-corrected chi connectivity index (χ1v) is 20.7. The second-order valence-electron chi connectivity index (χ2n) is 14.4. The van der Waals surface area contributed by atoms with Crippen molar-refractivity contribution >= 4 is 84.8 Å². The molecular formula is C51H30N4S2. The Balaban J connectivity index is 1.06. The lowest BCUT2D eigenvalue weighted by Gasteiger charge is -2.12. The van der Waals surface area contributed by atoms with Crippen LogP contribution in [0.1, 0.15) is 0 Å². The van der Waals surface area contributed by atoms with Crippen molar-refractivity contribution in [2.24, 2.45) is 0 Å². The Morgan fingerprint density at radius 3 is 1.74 bits per heavy atom. The van der Waals surface area contributed by atoms with Crippen molar-refractivity contribution in [3.05, 3.63) is 182 Å². The Bertz CT molecular complexity index is 3530. The van der Waals surface area contributed by atoms with Crippen LogP contribution in [0.3, 0.4) is 0 Å². The Morgan fingerprint density at radius 1 is 0.351 bits per heavy atom. The van der Waals surface area contributed by atoms with Gasteiger partial charge in [-0.25, -0.2) is 15.0 Å². The number of aromatic nitrogens is 4. The summed E-state index contributed by atoms with van der Waals surface area (Å²) in [4.78, 5) is 15.5. The highest BCUT2D eigenvalue weighted by molar-refractivity contribution is 7.26. The zero-order valence-electron chi connectivity index (χ0n) is 30.4. The molecule has 0 saturated carbocycles. The van der Waals surface area contributed by atoms with E-state index in [2.05, 4.69) is 168 Å². The van der Waals surface area contributed by atoms with Gasteiger partial charge in [-0.15, -0.1) is 22.7 Å². The van der Waals surface area contributed by atoms with Crippen molar-refractivity contribution in [3.8, 4) is 51.0 Å². The van der Waals surface area contributed by atoms with Crippen LogP contribution in [0.25, 0.3) is 113 Å². The Kier molecular flexibility index (Phi) is 7.24. The summed E-state index contributed by atoms with van der Waals surface area (Å²) in [6.07, 6.45) is 0. The molecule has 0 N–H and O–H groups in total. The first-order valence-electron chi connectivity index (χ1n) is 19.0.